The zero-order valence-corrected chi connectivity index (χ0v) is 15.5. The molecule has 1 aromatic rings. The molecule has 7 nitrogen and oxygen atoms in total. The Kier molecular flexibility index (Phi) is 7.43. The highest BCUT2D eigenvalue weighted by Gasteiger charge is 2.24. The molecule has 0 spiro atoms. The minimum atomic E-state index is -0.276. The monoisotopic (exact) mass is 351 g/mol. The Morgan fingerprint density at radius 1 is 1.40 bits per heavy atom. The first-order chi connectivity index (χ1) is 12.0. The van der Waals surface area contributed by atoms with Gasteiger partial charge in [0.15, 0.2) is 0 Å². The topological polar surface area (TPSA) is 82.5 Å². The molecule has 0 aromatic carbocycles. The molecule has 7 heteroatoms. The van der Waals surface area contributed by atoms with E-state index in [2.05, 4.69) is 10.4 Å². The van der Waals surface area contributed by atoms with Crippen LogP contribution < -0.4 is 5.32 Å². The third kappa shape index (κ3) is 5.56. The molecule has 2 heterocycles. The van der Waals surface area contributed by atoms with E-state index in [0.29, 0.717) is 45.0 Å². The third-order valence-electron chi connectivity index (χ3n) is 4.23. The molecule has 0 fully saturated rings. The number of ether oxygens (including phenoxy) is 2. The van der Waals surface area contributed by atoms with Crippen LogP contribution in [0.1, 0.15) is 55.4 Å². The second-order valence-corrected chi connectivity index (χ2v) is 6.53. The Labute approximate surface area is 149 Å². The smallest absolute Gasteiger partial charge is 0.302 e. The number of amides is 1. The number of rotatable bonds is 5. The zero-order chi connectivity index (χ0) is 18.2. The summed E-state index contributed by atoms with van der Waals surface area (Å²) in [6, 6.07) is 0. The van der Waals surface area contributed by atoms with E-state index < -0.39 is 0 Å². The molecule has 1 atom stereocenters. The van der Waals surface area contributed by atoms with Crippen LogP contribution in [0.3, 0.4) is 0 Å². The largest absolute Gasteiger partial charge is 0.466 e. The van der Waals surface area contributed by atoms with E-state index >= 15 is 0 Å². The maximum Gasteiger partial charge on any atom is 0.302 e. The molecule has 0 aliphatic carbocycles. The van der Waals surface area contributed by atoms with E-state index in [1.54, 1.807) is 4.68 Å². The second-order valence-electron chi connectivity index (χ2n) is 6.53. The van der Waals surface area contributed by atoms with Crippen molar-refractivity contribution in [1.82, 2.24) is 15.1 Å². The van der Waals surface area contributed by atoms with Gasteiger partial charge in [0.1, 0.15) is 5.69 Å². The molecule has 140 valence electrons. The summed E-state index contributed by atoms with van der Waals surface area (Å²) in [5, 5.41) is 7.64. The highest BCUT2D eigenvalue weighted by atomic mass is 16.5. The molecule has 0 saturated carbocycles. The lowest BCUT2D eigenvalue weighted by atomic mass is 9.99. The van der Waals surface area contributed by atoms with E-state index in [-0.39, 0.29) is 17.8 Å². The van der Waals surface area contributed by atoms with Gasteiger partial charge in [-0.25, -0.2) is 0 Å². The summed E-state index contributed by atoms with van der Waals surface area (Å²) >= 11 is 0. The summed E-state index contributed by atoms with van der Waals surface area (Å²) in [6.45, 7) is 8.38. The maximum absolute atomic E-state index is 12.6. The van der Waals surface area contributed by atoms with Gasteiger partial charge in [-0.05, 0) is 38.5 Å². The maximum atomic E-state index is 12.6. The quantitative estimate of drug-likeness (QED) is 0.817. The first kappa shape index (κ1) is 19.4. The number of hydrogen-bond acceptors (Lipinski definition) is 5. The van der Waals surface area contributed by atoms with Crippen molar-refractivity contribution in [3.05, 3.63) is 17.0 Å². The van der Waals surface area contributed by atoms with Crippen LogP contribution in [-0.4, -0.2) is 48.0 Å². The lowest BCUT2D eigenvalue weighted by molar-refractivity contribution is -0.142. The van der Waals surface area contributed by atoms with Crippen molar-refractivity contribution in [2.24, 2.45) is 5.92 Å². The number of nitrogens with zero attached hydrogens (tertiary/aromatic N) is 2. The fourth-order valence-electron chi connectivity index (χ4n) is 3.02. The molecule has 1 aromatic heterocycles. The van der Waals surface area contributed by atoms with Crippen LogP contribution in [-0.2, 0) is 33.7 Å². The van der Waals surface area contributed by atoms with E-state index in [9.17, 15) is 9.59 Å². The van der Waals surface area contributed by atoms with Gasteiger partial charge in [-0.1, -0.05) is 6.92 Å². The van der Waals surface area contributed by atoms with Gasteiger partial charge in [-0.3, -0.25) is 14.3 Å². The number of carbonyl (C=O) groups excluding carboxylic acids is 2. The molecular weight excluding hydrogens is 322 g/mol. The summed E-state index contributed by atoms with van der Waals surface area (Å²) in [6.07, 6.45) is 3.11. The first-order valence-electron chi connectivity index (χ1n) is 9.10. The number of aromatic nitrogens is 2. The highest BCUT2D eigenvalue weighted by molar-refractivity contribution is 5.94. The van der Waals surface area contributed by atoms with Crippen LogP contribution >= 0.6 is 0 Å². The van der Waals surface area contributed by atoms with E-state index in [1.807, 2.05) is 13.8 Å². The van der Waals surface area contributed by atoms with Crippen LogP contribution in [0.25, 0.3) is 0 Å². The molecule has 1 aliphatic heterocycles. The summed E-state index contributed by atoms with van der Waals surface area (Å²) in [5.41, 5.74) is 2.59. The second kappa shape index (κ2) is 9.56. The Morgan fingerprint density at radius 3 is 2.88 bits per heavy atom. The Balaban J connectivity index is 2.24. The average Bonchev–Trinajstić information content (AvgIpc) is 2.90. The van der Waals surface area contributed by atoms with Gasteiger partial charge in [-0.15, -0.1) is 0 Å². The Morgan fingerprint density at radius 2 is 2.16 bits per heavy atom. The van der Waals surface area contributed by atoms with Gasteiger partial charge in [0.25, 0.3) is 5.91 Å². The number of aryl methyl sites for hydroxylation is 1. The SMILES string of the molecule is CCn1nc(C[C@@H](C)COC(C)=O)c2c1C(=O)NCCCOCCC2. The van der Waals surface area contributed by atoms with E-state index in [4.69, 9.17) is 9.47 Å². The van der Waals surface area contributed by atoms with Crippen molar-refractivity contribution < 1.29 is 19.1 Å². The van der Waals surface area contributed by atoms with Gasteiger partial charge in [0.2, 0.25) is 0 Å². The summed E-state index contributed by atoms with van der Waals surface area (Å²) in [4.78, 5) is 23.7. The predicted molar refractivity (Wildman–Crippen MR) is 93.5 cm³/mol. The number of hydrogen-bond donors (Lipinski definition) is 1. The number of carbonyl (C=O) groups is 2. The van der Waals surface area contributed by atoms with Crippen molar-refractivity contribution >= 4 is 11.9 Å². The highest BCUT2D eigenvalue weighted by Crippen LogP contribution is 2.21. The molecule has 1 N–H and O–H groups in total. The molecule has 0 unspecified atom stereocenters. The van der Waals surface area contributed by atoms with Crippen molar-refractivity contribution in [1.29, 1.82) is 0 Å². The van der Waals surface area contributed by atoms with Gasteiger partial charge in [0.05, 0.1) is 12.3 Å². The number of esters is 1. The van der Waals surface area contributed by atoms with Gasteiger partial charge >= 0.3 is 5.97 Å². The Bertz CT molecular complexity index is 597. The van der Waals surface area contributed by atoms with Gasteiger partial charge in [0, 0.05) is 38.8 Å². The fraction of sp³-hybridized carbons (Fsp3) is 0.722. The summed E-state index contributed by atoms with van der Waals surface area (Å²) in [5.74, 6) is -0.197. The number of nitrogens with one attached hydrogen (secondary N) is 1. The standard InChI is InChI=1S/C18H29N3O4/c1-4-21-17-15(7-5-9-24-10-6-8-19-18(17)23)16(20-21)11-13(2)12-25-14(3)22/h13H,4-12H2,1-3H3,(H,19,23)/t13-/m1/s1. The third-order valence-corrected chi connectivity index (χ3v) is 4.23. The molecule has 0 saturated heterocycles. The van der Waals surface area contributed by atoms with E-state index in [1.165, 1.54) is 6.92 Å². The van der Waals surface area contributed by atoms with Crippen LogP contribution in [0.5, 0.6) is 0 Å². The van der Waals surface area contributed by atoms with Crippen molar-refractivity contribution in [3.8, 4) is 0 Å². The minimum absolute atomic E-state index is 0.0647. The normalized spacial score (nSPS) is 17.2. The van der Waals surface area contributed by atoms with Gasteiger partial charge < -0.3 is 14.8 Å². The summed E-state index contributed by atoms with van der Waals surface area (Å²) < 4.78 is 12.5. The van der Waals surface area contributed by atoms with Crippen LogP contribution in [0, 0.1) is 5.92 Å². The lowest BCUT2D eigenvalue weighted by Crippen LogP contribution is -2.28. The fourth-order valence-corrected chi connectivity index (χ4v) is 3.02. The molecule has 2 rings (SSSR count). The lowest BCUT2D eigenvalue weighted by Gasteiger charge is -2.11. The molecule has 0 radical (unpaired) electrons. The van der Waals surface area contributed by atoms with Crippen molar-refractivity contribution in [2.75, 3.05) is 26.4 Å². The molecule has 1 aliphatic rings. The number of fused-ring (bicyclic) bond motifs is 1. The molecule has 1 amide bonds. The minimum Gasteiger partial charge on any atom is -0.466 e. The van der Waals surface area contributed by atoms with Crippen LogP contribution in [0.15, 0.2) is 0 Å². The van der Waals surface area contributed by atoms with Crippen molar-refractivity contribution in [2.45, 2.75) is 53.0 Å². The molecule has 25 heavy (non-hydrogen) atoms. The first-order valence-corrected chi connectivity index (χ1v) is 9.10. The summed E-state index contributed by atoms with van der Waals surface area (Å²) in [7, 11) is 0. The molecular formula is C18H29N3O4. The van der Waals surface area contributed by atoms with E-state index in [0.717, 1.165) is 30.5 Å². The average molecular weight is 351 g/mol. The van der Waals surface area contributed by atoms with Crippen LogP contribution in [0.4, 0.5) is 0 Å². The predicted octanol–water partition coefficient (Wildman–Crippen LogP) is 1.73. The van der Waals surface area contributed by atoms with Gasteiger partial charge in [-0.2, -0.15) is 5.10 Å². The van der Waals surface area contributed by atoms with Crippen molar-refractivity contribution in [3.63, 3.8) is 0 Å². The zero-order valence-electron chi connectivity index (χ0n) is 15.5. The Hall–Kier alpha value is -1.89. The van der Waals surface area contributed by atoms with Crippen LogP contribution in [0.2, 0.25) is 0 Å². The molecule has 0 bridgehead atoms.